The van der Waals surface area contributed by atoms with Crippen molar-refractivity contribution < 1.29 is 22.7 Å². The van der Waals surface area contributed by atoms with Crippen LogP contribution in [0, 0.1) is 5.82 Å². The van der Waals surface area contributed by atoms with Gasteiger partial charge in [0.15, 0.2) is 11.1 Å². The molecule has 1 aromatic rings. The molecule has 0 aliphatic rings. The molecule has 0 spiro atoms. The summed E-state index contributed by atoms with van der Waals surface area (Å²) in [6.45, 7) is 1.82. The molecule has 4 nitrogen and oxygen atoms in total. The highest BCUT2D eigenvalue weighted by Crippen LogP contribution is 2.14. The van der Waals surface area contributed by atoms with Crippen molar-refractivity contribution in [1.29, 1.82) is 0 Å². The van der Waals surface area contributed by atoms with Gasteiger partial charge in [-0.2, -0.15) is 0 Å². The molecule has 0 saturated heterocycles. The van der Waals surface area contributed by atoms with Crippen LogP contribution >= 0.6 is 0 Å². The largest absolute Gasteiger partial charge is 0.462 e. The molecule has 82 valence electrons. The Kier molecular flexibility index (Phi) is 3.93. The van der Waals surface area contributed by atoms with E-state index in [-0.39, 0.29) is 17.1 Å². The zero-order valence-corrected chi connectivity index (χ0v) is 8.71. The number of esters is 1. The van der Waals surface area contributed by atoms with Crippen molar-refractivity contribution >= 4 is 17.0 Å². The fourth-order valence-corrected chi connectivity index (χ4v) is 1.39. The predicted molar refractivity (Wildman–Crippen MR) is 51.4 cm³/mol. The van der Waals surface area contributed by atoms with Crippen molar-refractivity contribution in [2.75, 3.05) is 6.61 Å². The normalized spacial score (nSPS) is 12.2. The summed E-state index contributed by atoms with van der Waals surface area (Å²) >= 11 is -2.39. The molecule has 0 aliphatic carbocycles. The highest BCUT2D eigenvalue weighted by Gasteiger charge is 2.12. The van der Waals surface area contributed by atoms with Crippen LogP contribution in [-0.2, 0) is 15.8 Å². The lowest BCUT2D eigenvalue weighted by Crippen LogP contribution is -2.06. The van der Waals surface area contributed by atoms with Gasteiger partial charge in [0.1, 0.15) is 10.7 Å². The number of hydrogen-bond donors (Lipinski definition) is 1. The molecule has 0 fully saturated rings. The van der Waals surface area contributed by atoms with Crippen LogP contribution in [0.15, 0.2) is 23.1 Å². The van der Waals surface area contributed by atoms with Crippen molar-refractivity contribution in [2.45, 2.75) is 11.8 Å². The summed E-state index contributed by atoms with van der Waals surface area (Å²) in [5.74, 6) is -1.56. The maximum Gasteiger partial charge on any atom is 0.338 e. The Balaban J connectivity index is 3.01. The standard InChI is InChI=1S/C9H9FO4S/c1-2-14-9(11)6-3-4-8(15(12)13)7(10)5-6/h3-5H,2H2,1H3,(H,12,13). The van der Waals surface area contributed by atoms with E-state index in [4.69, 9.17) is 4.55 Å². The minimum Gasteiger partial charge on any atom is -0.462 e. The molecule has 0 aromatic heterocycles. The lowest BCUT2D eigenvalue weighted by molar-refractivity contribution is 0.0525. The molecule has 0 amide bonds. The van der Waals surface area contributed by atoms with E-state index >= 15 is 0 Å². The molecule has 0 bridgehead atoms. The monoisotopic (exact) mass is 232 g/mol. The van der Waals surface area contributed by atoms with Gasteiger partial charge in [-0.3, -0.25) is 0 Å². The zero-order valence-electron chi connectivity index (χ0n) is 7.90. The van der Waals surface area contributed by atoms with Gasteiger partial charge in [-0.1, -0.05) is 0 Å². The second-order valence-electron chi connectivity index (χ2n) is 2.61. The van der Waals surface area contributed by atoms with E-state index in [9.17, 15) is 13.4 Å². The number of carbonyl (C=O) groups excluding carboxylic acids is 1. The van der Waals surface area contributed by atoms with Crippen molar-refractivity contribution in [2.24, 2.45) is 0 Å². The van der Waals surface area contributed by atoms with Gasteiger partial charge < -0.3 is 9.29 Å². The summed E-state index contributed by atoms with van der Waals surface area (Å²) in [7, 11) is 0. The summed E-state index contributed by atoms with van der Waals surface area (Å²) in [6.07, 6.45) is 0. The fraction of sp³-hybridized carbons (Fsp3) is 0.222. The van der Waals surface area contributed by atoms with E-state index in [0.29, 0.717) is 0 Å². The first-order valence-electron chi connectivity index (χ1n) is 4.13. The third-order valence-electron chi connectivity index (χ3n) is 1.63. The Morgan fingerprint density at radius 2 is 2.27 bits per heavy atom. The van der Waals surface area contributed by atoms with Crippen LogP contribution in [0.5, 0.6) is 0 Å². The molecule has 0 aliphatic heterocycles. The Morgan fingerprint density at radius 3 is 2.73 bits per heavy atom. The van der Waals surface area contributed by atoms with Crippen LogP contribution < -0.4 is 0 Å². The molecule has 1 atom stereocenters. The second kappa shape index (κ2) is 4.99. The van der Waals surface area contributed by atoms with Gasteiger partial charge in [0.05, 0.1) is 12.2 Å². The lowest BCUT2D eigenvalue weighted by atomic mass is 10.2. The Hall–Kier alpha value is -1.27. The molecule has 1 N–H and O–H groups in total. The van der Waals surface area contributed by atoms with E-state index in [0.717, 1.165) is 12.1 Å². The molecular weight excluding hydrogens is 223 g/mol. The van der Waals surface area contributed by atoms with Gasteiger partial charge in [0, 0.05) is 0 Å². The van der Waals surface area contributed by atoms with Gasteiger partial charge in [0.2, 0.25) is 0 Å². The van der Waals surface area contributed by atoms with Crippen LogP contribution in [0.25, 0.3) is 0 Å². The van der Waals surface area contributed by atoms with Gasteiger partial charge in [0.25, 0.3) is 0 Å². The number of rotatable bonds is 3. The van der Waals surface area contributed by atoms with Crippen LogP contribution in [0.4, 0.5) is 4.39 Å². The summed E-state index contributed by atoms with van der Waals surface area (Å²) in [5.41, 5.74) is 0.0172. The molecular formula is C9H9FO4S. The average molecular weight is 232 g/mol. The van der Waals surface area contributed by atoms with E-state index in [1.807, 2.05) is 0 Å². The summed E-state index contributed by atoms with van der Waals surface area (Å²) in [4.78, 5) is 10.8. The molecule has 6 heteroatoms. The molecule has 0 heterocycles. The average Bonchev–Trinajstić information content (AvgIpc) is 2.17. The number of benzene rings is 1. The van der Waals surface area contributed by atoms with Crippen LogP contribution in [0.3, 0.4) is 0 Å². The maximum atomic E-state index is 13.1. The molecule has 0 saturated carbocycles. The number of hydrogen-bond acceptors (Lipinski definition) is 3. The van der Waals surface area contributed by atoms with E-state index < -0.39 is 22.9 Å². The van der Waals surface area contributed by atoms with E-state index in [2.05, 4.69) is 4.74 Å². The van der Waals surface area contributed by atoms with E-state index in [1.54, 1.807) is 6.92 Å². The highest BCUT2D eigenvalue weighted by atomic mass is 32.2. The summed E-state index contributed by atoms with van der Waals surface area (Å²) in [5, 5.41) is 0. The molecule has 1 aromatic carbocycles. The number of carbonyl (C=O) groups is 1. The first-order chi connectivity index (χ1) is 7.06. The Labute approximate surface area is 88.3 Å². The molecule has 15 heavy (non-hydrogen) atoms. The van der Waals surface area contributed by atoms with Gasteiger partial charge >= 0.3 is 5.97 Å². The van der Waals surface area contributed by atoms with Crippen LogP contribution in [0.1, 0.15) is 17.3 Å². The molecule has 1 rings (SSSR count). The van der Waals surface area contributed by atoms with Gasteiger partial charge in [-0.25, -0.2) is 13.4 Å². The lowest BCUT2D eigenvalue weighted by Gasteiger charge is -2.03. The quantitative estimate of drug-likeness (QED) is 0.634. The van der Waals surface area contributed by atoms with Crippen molar-refractivity contribution in [3.05, 3.63) is 29.6 Å². The van der Waals surface area contributed by atoms with Crippen LogP contribution in [0.2, 0.25) is 0 Å². The third kappa shape index (κ3) is 2.84. The van der Waals surface area contributed by atoms with Crippen molar-refractivity contribution in [3.8, 4) is 0 Å². The first-order valence-corrected chi connectivity index (χ1v) is 5.24. The van der Waals surface area contributed by atoms with Crippen molar-refractivity contribution in [1.82, 2.24) is 0 Å². The third-order valence-corrected chi connectivity index (χ3v) is 2.34. The van der Waals surface area contributed by atoms with Crippen molar-refractivity contribution in [3.63, 3.8) is 0 Å². The molecule has 1 unspecified atom stereocenters. The summed E-state index contributed by atoms with van der Waals surface area (Å²) in [6, 6.07) is 3.20. The topological polar surface area (TPSA) is 63.6 Å². The smallest absolute Gasteiger partial charge is 0.338 e. The maximum absolute atomic E-state index is 13.1. The molecule has 0 radical (unpaired) electrons. The first kappa shape index (κ1) is 11.8. The van der Waals surface area contributed by atoms with Gasteiger partial charge in [-0.15, -0.1) is 0 Å². The minimum atomic E-state index is -2.39. The second-order valence-corrected chi connectivity index (χ2v) is 3.55. The number of halogens is 1. The minimum absolute atomic E-state index is 0.0172. The SMILES string of the molecule is CCOC(=O)c1ccc(S(=O)O)c(F)c1. The van der Waals surface area contributed by atoms with Gasteiger partial charge in [-0.05, 0) is 25.1 Å². The summed E-state index contributed by atoms with van der Waals surface area (Å²) < 4.78 is 37.0. The Morgan fingerprint density at radius 1 is 1.60 bits per heavy atom. The predicted octanol–water partition coefficient (Wildman–Crippen LogP) is 1.58. The number of ether oxygens (including phenoxy) is 1. The van der Waals surface area contributed by atoms with Crippen LogP contribution in [-0.4, -0.2) is 21.3 Å². The Bertz CT molecular complexity index is 405. The fourth-order valence-electron chi connectivity index (χ4n) is 0.984. The van der Waals surface area contributed by atoms with E-state index in [1.165, 1.54) is 6.07 Å². The highest BCUT2D eigenvalue weighted by molar-refractivity contribution is 7.79. The zero-order chi connectivity index (χ0) is 11.4.